The van der Waals surface area contributed by atoms with E-state index in [2.05, 4.69) is 10.3 Å². The molecule has 3 heterocycles. The maximum Gasteiger partial charge on any atom is 0.330 e. The molecule has 6 rings (SSSR count). The number of nitrogens with one attached hydrogen (secondary N) is 2. The van der Waals surface area contributed by atoms with Crippen LogP contribution in [0.3, 0.4) is 0 Å². The highest BCUT2D eigenvalue weighted by atomic mass is 32.1. The number of carbonyl (C=O) groups excluding carboxylic acids is 2. The second kappa shape index (κ2) is 6.20. The smallest absolute Gasteiger partial charge is 0.330 e. The van der Waals surface area contributed by atoms with Gasteiger partial charge in [-0.05, 0) is 67.7 Å². The molecule has 158 valence electrons. The van der Waals surface area contributed by atoms with Gasteiger partial charge in [0.2, 0.25) is 0 Å². The van der Waals surface area contributed by atoms with E-state index in [-0.39, 0.29) is 11.4 Å². The third-order valence-corrected chi connectivity index (χ3v) is 8.19. The van der Waals surface area contributed by atoms with E-state index in [0.717, 1.165) is 59.9 Å². The van der Waals surface area contributed by atoms with E-state index in [1.54, 1.807) is 6.92 Å². The topological polar surface area (TPSA) is 108 Å². The monoisotopic (exact) mass is 434 g/mol. The SMILES string of the molecule is CC1(c2ccc3c(c2)CCC3)NC(=O)N(c2c(N)c3c4c(sc3[nH]c2=O)CCC4)C1=O. The van der Waals surface area contributed by atoms with Crippen molar-refractivity contribution in [3.05, 3.63) is 55.7 Å². The number of nitrogens with zero attached hydrogens (tertiary/aromatic N) is 1. The summed E-state index contributed by atoms with van der Waals surface area (Å²) in [6.07, 6.45) is 6.00. The molecule has 2 aliphatic carbocycles. The highest BCUT2D eigenvalue weighted by Gasteiger charge is 2.51. The van der Waals surface area contributed by atoms with Crippen molar-refractivity contribution >= 4 is 44.9 Å². The van der Waals surface area contributed by atoms with Crippen molar-refractivity contribution in [2.24, 2.45) is 0 Å². The Labute approximate surface area is 182 Å². The molecule has 7 nitrogen and oxygen atoms in total. The summed E-state index contributed by atoms with van der Waals surface area (Å²) >= 11 is 1.54. The number of fused-ring (bicyclic) bond motifs is 4. The molecule has 4 N–H and O–H groups in total. The van der Waals surface area contributed by atoms with E-state index in [4.69, 9.17) is 5.73 Å². The number of H-pyrrole nitrogens is 1. The van der Waals surface area contributed by atoms with Gasteiger partial charge in [-0.15, -0.1) is 11.3 Å². The molecular weight excluding hydrogens is 412 g/mol. The molecule has 1 atom stereocenters. The number of aryl methyl sites for hydroxylation is 4. The zero-order valence-corrected chi connectivity index (χ0v) is 17.9. The van der Waals surface area contributed by atoms with Gasteiger partial charge >= 0.3 is 6.03 Å². The van der Waals surface area contributed by atoms with Gasteiger partial charge in [-0.2, -0.15) is 0 Å². The van der Waals surface area contributed by atoms with E-state index in [1.807, 2.05) is 18.2 Å². The number of nitrogen functional groups attached to an aromatic ring is 1. The maximum atomic E-state index is 13.6. The largest absolute Gasteiger partial charge is 0.396 e. The van der Waals surface area contributed by atoms with Crippen molar-refractivity contribution in [1.82, 2.24) is 10.3 Å². The summed E-state index contributed by atoms with van der Waals surface area (Å²) in [5, 5.41) is 3.59. The third-order valence-electron chi connectivity index (χ3n) is 6.98. The summed E-state index contributed by atoms with van der Waals surface area (Å²) in [4.78, 5) is 45.3. The lowest BCUT2D eigenvalue weighted by atomic mass is 9.89. The maximum absolute atomic E-state index is 13.6. The lowest BCUT2D eigenvalue weighted by molar-refractivity contribution is -0.121. The second-order valence-corrected chi connectivity index (χ2v) is 9.92. The Morgan fingerprint density at radius 1 is 1.06 bits per heavy atom. The van der Waals surface area contributed by atoms with Crippen molar-refractivity contribution in [2.45, 2.75) is 51.0 Å². The molecule has 1 fully saturated rings. The van der Waals surface area contributed by atoms with Crippen LogP contribution in [-0.4, -0.2) is 16.9 Å². The summed E-state index contributed by atoms with van der Waals surface area (Å²) in [6.45, 7) is 1.69. The number of aromatic amines is 1. The van der Waals surface area contributed by atoms with Gasteiger partial charge in [-0.3, -0.25) is 9.59 Å². The van der Waals surface area contributed by atoms with Gasteiger partial charge in [-0.1, -0.05) is 18.2 Å². The zero-order chi connectivity index (χ0) is 21.5. The fraction of sp³-hybridized carbons (Fsp3) is 0.348. The predicted molar refractivity (Wildman–Crippen MR) is 121 cm³/mol. The molecule has 1 unspecified atom stereocenters. The van der Waals surface area contributed by atoms with Gasteiger partial charge in [0.25, 0.3) is 11.5 Å². The van der Waals surface area contributed by atoms with E-state index in [1.165, 1.54) is 27.3 Å². The summed E-state index contributed by atoms with van der Waals surface area (Å²) < 4.78 is 0. The first-order valence-electron chi connectivity index (χ1n) is 10.6. The van der Waals surface area contributed by atoms with Crippen molar-refractivity contribution < 1.29 is 9.59 Å². The van der Waals surface area contributed by atoms with E-state index < -0.39 is 23.0 Å². The van der Waals surface area contributed by atoms with Gasteiger partial charge in [0, 0.05) is 10.3 Å². The Morgan fingerprint density at radius 2 is 1.84 bits per heavy atom. The molecule has 8 heteroatoms. The molecule has 3 aliphatic rings. The normalized spacial score (nSPS) is 22.3. The van der Waals surface area contributed by atoms with Gasteiger partial charge < -0.3 is 16.0 Å². The molecule has 1 aromatic carbocycles. The van der Waals surface area contributed by atoms with Crippen LogP contribution >= 0.6 is 11.3 Å². The van der Waals surface area contributed by atoms with E-state index in [9.17, 15) is 14.4 Å². The van der Waals surface area contributed by atoms with Crippen LogP contribution in [0.25, 0.3) is 10.2 Å². The number of aromatic nitrogens is 1. The van der Waals surface area contributed by atoms with Crippen molar-refractivity contribution in [1.29, 1.82) is 0 Å². The minimum absolute atomic E-state index is 0.0765. The van der Waals surface area contributed by atoms with Crippen LogP contribution in [0.5, 0.6) is 0 Å². The highest BCUT2D eigenvalue weighted by molar-refractivity contribution is 7.19. The van der Waals surface area contributed by atoms with Gasteiger partial charge in [0.15, 0.2) is 0 Å². The number of hydrogen-bond acceptors (Lipinski definition) is 5. The van der Waals surface area contributed by atoms with Crippen molar-refractivity contribution in [3.63, 3.8) is 0 Å². The average Bonchev–Trinajstić information content (AvgIpc) is 3.47. The Balaban J connectivity index is 1.49. The van der Waals surface area contributed by atoms with Gasteiger partial charge in [0.05, 0.1) is 5.69 Å². The van der Waals surface area contributed by atoms with Crippen LogP contribution in [0, 0.1) is 0 Å². The van der Waals surface area contributed by atoms with Gasteiger partial charge in [-0.25, -0.2) is 9.69 Å². The number of anilines is 2. The molecule has 1 aliphatic heterocycles. The summed E-state index contributed by atoms with van der Waals surface area (Å²) in [6, 6.07) is 5.31. The number of urea groups is 1. The third kappa shape index (κ3) is 2.42. The molecule has 3 amide bonds. The fourth-order valence-corrected chi connectivity index (χ4v) is 6.62. The summed E-state index contributed by atoms with van der Waals surface area (Å²) in [5.41, 5.74) is 9.17. The molecule has 0 spiro atoms. The minimum atomic E-state index is -1.25. The number of nitrogens with two attached hydrogens (primary N) is 1. The standard InChI is InChI=1S/C23H22N4O3S/c1-23(13-9-8-11-4-2-5-12(11)10-13)21(29)27(22(30)26-23)18-17(24)16-14-6-3-7-15(14)31-20(16)25-19(18)28/h8-10H,2-7H2,1H3,(H,26,30)(H3,24,25,28). The first-order chi connectivity index (χ1) is 14.9. The van der Waals surface area contributed by atoms with Crippen molar-refractivity contribution in [3.8, 4) is 0 Å². The number of imide groups is 1. The second-order valence-electron chi connectivity index (χ2n) is 8.81. The Bertz CT molecular complexity index is 1370. The molecule has 3 aromatic rings. The molecule has 0 radical (unpaired) electrons. The quantitative estimate of drug-likeness (QED) is 0.539. The number of rotatable bonds is 2. The Hall–Kier alpha value is -3.13. The van der Waals surface area contributed by atoms with E-state index >= 15 is 0 Å². The number of amides is 3. The minimum Gasteiger partial charge on any atom is -0.396 e. The molecule has 31 heavy (non-hydrogen) atoms. The molecule has 1 saturated heterocycles. The molecule has 2 aromatic heterocycles. The van der Waals surface area contributed by atoms with Crippen LogP contribution in [0.15, 0.2) is 23.0 Å². The van der Waals surface area contributed by atoms with Crippen LogP contribution in [-0.2, 0) is 36.0 Å². The van der Waals surface area contributed by atoms with E-state index in [0.29, 0.717) is 4.83 Å². The zero-order valence-electron chi connectivity index (χ0n) is 17.1. The summed E-state index contributed by atoms with van der Waals surface area (Å²) in [5.74, 6) is -0.487. The number of carbonyl (C=O) groups is 2. The predicted octanol–water partition coefficient (Wildman–Crippen LogP) is 3.12. The molecular formula is C23H22N4O3S. The first kappa shape index (κ1) is 18.6. The highest BCUT2D eigenvalue weighted by Crippen LogP contribution is 2.42. The Kier molecular flexibility index (Phi) is 3.72. The number of hydrogen-bond donors (Lipinski definition) is 3. The fourth-order valence-electron chi connectivity index (χ4n) is 5.32. The van der Waals surface area contributed by atoms with Crippen molar-refractivity contribution in [2.75, 3.05) is 10.6 Å². The van der Waals surface area contributed by atoms with Crippen LogP contribution in [0.4, 0.5) is 16.2 Å². The van der Waals surface area contributed by atoms with Crippen LogP contribution < -0.4 is 21.5 Å². The molecule has 0 bridgehead atoms. The molecule has 0 saturated carbocycles. The van der Waals surface area contributed by atoms with Crippen LogP contribution in [0.2, 0.25) is 0 Å². The summed E-state index contributed by atoms with van der Waals surface area (Å²) in [7, 11) is 0. The number of pyridine rings is 1. The first-order valence-corrected chi connectivity index (χ1v) is 11.4. The lowest BCUT2D eigenvalue weighted by Crippen LogP contribution is -2.41. The number of benzene rings is 1. The van der Waals surface area contributed by atoms with Gasteiger partial charge in [0.1, 0.15) is 16.1 Å². The Morgan fingerprint density at radius 3 is 2.68 bits per heavy atom. The number of thiophene rings is 1. The van der Waals surface area contributed by atoms with Crippen LogP contribution in [0.1, 0.15) is 46.9 Å². The average molecular weight is 435 g/mol. The lowest BCUT2D eigenvalue weighted by Gasteiger charge is -2.23.